The van der Waals surface area contributed by atoms with E-state index in [0.717, 1.165) is 17.4 Å². The Morgan fingerprint density at radius 1 is 1.54 bits per heavy atom. The second-order valence-corrected chi connectivity index (χ2v) is 2.70. The minimum absolute atomic E-state index is 0.356. The molecule has 0 aliphatic heterocycles. The van der Waals surface area contributed by atoms with Crippen molar-refractivity contribution in [3.8, 4) is 11.8 Å². The van der Waals surface area contributed by atoms with Crippen LogP contribution in [-0.4, -0.2) is 12.8 Å². The molecule has 2 N–H and O–H groups in total. The van der Waals surface area contributed by atoms with Crippen LogP contribution in [0.2, 0.25) is 0 Å². The van der Waals surface area contributed by atoms with Crippen molar-refractivity contribution in [3.63, 3.8) is 0 Å². The Hall–Kier alpha value is -1.59. The van der Waals surface area contributed by atoms with Gasteiger partial charge in [-0.15, -0.1) is 0 Å². The molecule has 0 bridgehead atoms. The van der Waals surface area contributed by atoms with Gasteiger partial charge in [0, 0.05) is 11.1 Å². The first-order valence-corrected chi connectivity index (χ1v) is 4.02. The number of hydrogen-bond acceptors (Lipinski definition) is 2. The number of carbonyl (C=O) groups excluding carboxylic acids is 1. The van der Waals surface area contributed by atoms with E-state index in [1.165, 1.54) is 0 Å². The lowest BCUT2D eigenvalue weighted by Crippen LogP contribution is -1.93. The molecule has 0 atom stereocenters. The van der Waals surface area contributed by atoms with E-state index < -0.39 is 0 Å². The zero-order valence-corrected chi connectivity index (χ0v) is 7.50. The second kappa shape index (κ2) is 4.44. The maximum Gasteiger partial charge on any atom is 0.150 e. The van der Waals surface area contributed by atoms with Gasteiger partial charge in [0.25, 0.3) is 0 Å². The maximum absolute atomic E-state index is 10.5. The van der Waals surface area contributed by atoms with Crippen LogP contribution < -0.4 is 5.73 Å². The molecule has 0 saturated carbocycles. The fourth-order valence-electron chi connectivity index (χ4n) is 1.04. The Morgan fingerprint density at radius 3 is 2.85 bits per heavy atom. The Balaban J connectivity index is 3.02. The van der Waals surface area contributed by atoms with Gasteiger partial charge < -0.3 is 5.73 Å². The van der Waals surface area contributed by atoms with Gasteiger partial charge in [0.2, 0.25) is 0 Å². The monoisotopic (exact) mass is 173 g/mol. The fourth-order valence-corrected chi connectivity index (χ4v) is 1.04. The molecule has 0 spiro atoms. The molecule has 1 rings (SSSR count). The van der Waals surface area contributed by atoms with Gasteiger partial charge in [-0.05, 0) is 24.6 Å². The fraction of sp³-hybridized carbons (Fsp3) is 0.182. The lowest BCUT2D eigenvalue weighted by atomic mass is 10.1. The number of carbonyl (C=O) groups is 1. The Morgan fingerprint density at radius 2 is 2.31 bits per heavy atom. The smallest absolute Gasteiger partial charge is 0.150 e. The van der Waals surface area contributed by atoms with Gasteiger partial charge in [-0.3, -0.25) is 4.79 Å². The first-order valence-electron chi connectivity index (χ1n) is 4.02. The van der Waals surface area contributed by atoms with Crippen LogP contribution >= 0.6 is 0 Å². The first kappa shape index (κ1) is 9.50. The van der Waals surface area contributed by atoms with E-state index in [2.05, 4.69) is 11.8 Å². The summed E-state index contributed by atoms with van der Waals surface area (Å²) in [7, 11) is 0. The van der Waals surface area contributed by atoms with Crippen LogP contribution in [0.1, 0.15) is 21.5 Å². The van der Waals surface area contributed by atoms with Crippen molar-refractivity contribution >= 4 is 6.29 Å². The van der Waals surface area contributed by atoms with Crippen molar-refractivity contribution in [1.82, 2.24) is 0 Å². The first-order chi connectivity index (χ1) is 6.27. The SMILES string of the molecule is Cc1cc(C#CCN)ccc1C=O. The van der Waals surface area contributed by atoms with Crippen LogP contribution in [0.3, 0.4) is 0 Å². The summed E-state index contributed by atoms with van der Waals surface area (Å²) in [5.74, 6) is 5.66. The standard InChI is InChI=1S/C11H11NO/c1-9-7-10(3-2-6-12)4-5-11(9)8-13/h4-5,7-8H,6,12H2,1H3. The van der Waals surface area contributed by atoms with E-state index >= 15 is 0 Å². The Kier molecular flexibility index (Phi) is 3.24. The molecule has 0 aliphatic rings. The van der Waals surface area contributed by atoms with Crippen LogP contribution in [0, 0.1) is 18.8 Å². The van der Waals surface area contributed by atoms with Crippen LogP contribution in [-0.2, 0) is 0 Å². The molecule has 13 heavy (non-hydrogen) atoms. The third-order valence-electron chi connectivity index (χ3n) is 1.73. The molecule has 0 amide bonds. The van der Waals surface area contributed by atoms with Gasteiger partial charge in [-0.2, -0.15) is 0 Å². The van der Waals surface area contributed by atoms with E-state index in [9.17, 15) is 4.79 Å². The number of benzene rings is 1. The zero-order chi connectivity index (χ0) is 9.68. The summed E-state index contributed by atoms with van der Waals surface area (Å²) < 4.78 is 0. The molecule has 1 aromatic rings. The molecule has 0 unspecified atom stereocenters. The summed E-state index contributed by atoms with van der Waals surface area (Å²) in [6.45, 7) is 2.24. The van der Waals surface area contributed by atoms with Gasteiger partial charge in [0.1, 0.15) is 6.29 Å². The van der Waals surface area contributed by atoms with E-state index in [4.69, 9.17) is 5.73 Å². The molecule has 0 saturated heterocycles. The van der Waals surface area contributed by atoms with Crippen LogP contribution in [0.5, 0.6) is 0 Å². The highest BCUT2D eigenvalue weighted by atomic mass is 16.1. The van der Waals surface area contributed by atoms with Crippen LogP contribution in [0.25, 0.3) is 0 Å². The quantitative estimate of drug-likeness (QED) is 0.510. The average molecular weight is 173 g/mol. The van der Waals surface area contributed by atoms with Gasteiger partial charge in [0.05, 0.1) is 6.54 Å². The van der Waals surface area contributed by atoms with E-state index in [-0.39, 0.29) is 0 Å². The van der Waals surface area contributed by atoms with E-state index in [0.29, 0.717) is 12.1 Å². The lowest BCUT2D eigenvalue weighted by molar-refractivity contribution is 0.112. The lowest BCUT2D eigenvalue weighted by Gasteiger charge is -1.97. The number of rotatable bonds is 1. The molecule has 2 nitrogen and oxygen atoms in total. The van der Waals surface area contributed by atoms with Crippen LogP contribution in [0.15, 0.2) is 18.2 Å². The van der Waals surface area contributed by atoms with Crippen molar-refractivity contribution in [2.24, 2.45) is 5.73 Å². The Bertz CT molecular complexity index is 371. The minimum Gasteiger partial charge on any atom is -0.320 e. The molecule has 0 radical (unpaired) electrons. The minimum atomic E-state index is 0.356. The summed E-state index contributed by atoms with van der Waals surface area (Å²) in [6, 6.07) is 5.47. The molecular weight excluding hydrogens is 162 g/mol. The number of nitrogens with two attached hydrogens (primary N) is 1. The molecule has 2 heteroatoms. The van der Waals surface area contributed by atoms with Gasteiger partial charge in [-0.25, -0.2) is 0 Å². The molecule has 1 aromatic carbocycles. The molecule has 0 aromatic heterocycles. The Labute approximate surface area is 77.8 Å². The second-order valence-electron chi connectivity index (χ2n) is 2.70. The molecule has 0 fully saturated rings. The maximum atomic E-state index is 10.5. The van der Waals surface area contributed by atoms with Crippen LogP contribution in [0.4, 0.5) is 0 Å². The molecule has 0 heterocycles. The summed E-state index contributed by atoms with van der Waals surface area (Å²) in [4.78, 5) is 10.5. The predicted molar refractivity (Wildman–Crippen MR) is 52.5 cm³/mol. The summed E-state index contributed by atoms with van der Waals surface area (Å²) in [5, 5.41) is 0. The summed E-state index contributed by atoms with van der Waals surface area (Å²) in [6.07, 6.45) is 0.843. The van der Waals surface area contributed by atoms with Gasteiger partial charge >= 0.3 is 0 Å². The summed E-state index contributed by atoms with van der Waals surface area (Å²) in [5.41, 5.74) is 7.79. The number of aryl methyl sites for hydroxylation is 1. The topological polar surface area (TPSA) is 43.1 Å². The van der Waals surface area contributed by atoms with Gasteiger partial charge in [-0.1, -0.05) is 17.9 Å². The van der Waals surface area contributed by atoms with Crippen molar-refractivity contribution in [2.75, 3.05) is 6.54 Å². The van der Waals surface area contributed by atoms with E-state index in [1.54, 1.807) is 6.07 Å². The number of aldehydes is 1. The third-order valence-corrected chi connectivity index (χ3v) is 1.73. The summed E-state index contributed by atoms with van der Waals surface area (Å²) >= 11 is 0. The highest BCUT2D eigenvalue weighted by molar-refractivity contribution is 5.77. The highest BCUT2D eigenvalue weighted by Gasteiger charge is 1.95. The zero-order valence-electron chi connectivity index (χ0n) is 7.50. The number of hydrogen-bond donors (Lipinski definition) is 1. The molecule has 66 valence electrons. The van der Waals surface area contributed by atoms with Crippen molar-refractivity contribution in [3.05, 3.63) is 34.9 Å². The molecular formula is C11H11NO. The predicted octanol–water partition coefficient (Wildman–Crippen LogP) is 1.12. The third kappa shape index (κ3) is 2.43. The van der Waals surface area contributed by atoms with Crippen molar-refractivity contribution < 1.29 is 4.79 Å². The highest BCUT2D eigenvalue weighted by Crippen LogP contribution is 2.07. The largest absolute Gasteiger partial charge is 0.320 e. The molecule has 0 aliphatic carbocycles. The van der Waals surface area contributed by atoms with Crippen molar-refractivity contribution in [2.45, 2.75) is 6.92 Å². The van der Waals surface area contributed by atoms with Gasteiger partial charge in [0.15, 0.2) is 0 Å². The normalized spacial score (nSPS) is 8.77. The van der Waals surface area contributed by atoms with E-state index in [1.807, 2.05) is 19.1 Å². The van der Waals surface area contributed by atoms with Crippen molar-refractivity contribution in [1.29, 1.82) is 0 Å². The average Bonchev–Trinajstić information content (AvgIpc) is 2.15.